The Labute approximate surface area is 187 Å². The first kappa shape index (κ1) is 22.3. The van der Waals surface area contributed by atoms with Gasteiger partial charge in [0, 0.05) is 26.2 Å². The molecule has 1 saturated heterocycles. The standard InChI is InChI=1S/C20H23N7O.2ClH/c1-14-22-23-17-6-7-18(24-27(14)17)25-8-10-26(11-9-25)19(28)20(21)12-15-4-2-3-5-16(15)13-20;;/h2-7H,8-13,21H2,1H3;2*1H. The quantitative estimate of drug-likeness (QED) is 0.635. The van der Waals surface area contributed by atoms with E-state index in [9.17, 15) is 4.79 Å². The van der Waals surface area contributed by atoms with Crippen LogP contribution < -0.4 is 10.6 Å². The van der Waals surface area contributed by atoms with E-state index in [0.29, 0.717) is 25.9 Å². The molecule has 0 spiro atoms. The molecule has 1 aliphatic carbocycles. The summed E-state index contributed by atoms with van der Waals surface area (Å²) in [5.74, 6) is 1.69. The Morgan fingerprint density at radius 1 is 0.967 bits per heavy atom. The Hall–Kier alpha value is -2.42. The minimum Gasteiger partial charge on any atom is -0.352 e. The van der Waals surface area contributed by atoms with Crippen molar-refractivity contribution in [3.8, 4) is 0 Å². The van der Waals surface area contributed by atoms with Crippen molar-refractivity contribution in [3.63, 3.8) is 0 Å². The summed E-state index contributed by atoms with van der Waals surface area (Å²) in [6.07, 6.45) is 1.24. The van der Waals surface area contributed by atoms with E-state index in [1.165, 1.54) is 11.1 Å². The first-order valence-corrected chi connectivity index (χ1v) is 9.63. The molecule has 2 N–H and O–H groups in total. The third-order valence-electron chi connectivity index (χ3n) is 5.85. The van der Waals surface area contributed by atoms with Gasteiger partial charge in [-0.15, -0.1) is 40.1 Å². The monoisotopic (exact) mass is 449 g/mol. The zero-order valence-electron chi connectivity index (χ0n) is 16.7. The van der Waals surface area contributed by atoms with Crippen LogP contribution in [0.3, 0.4) is 0 Å². The molecule has 3 aromatic rings. The molecule has 1 amide bonds. The number of nitrogens with two attached hydrogens (primary N) is 1. The average molecular weight is 450 g/mol. The number of aryl methyl sites for hydroxylation is 1. The van der Waals surface area contributed by atoms with Gasteiger partial charge in [-0.3, -0.25) is 4.79 Å². The lowest BCUT2D eigenvalue weighted by atomic mass is 9.95. The van der Waals surface area contributed by atoms with E-state index < -0.39 is 5.54 Å². The van der Waals surface area contributed by atoms with Gasteiger partial charge in [-0.05, 0) is 43.0 Å². The molecular formula is C20H25Cl2N7O. The zero-order chi connectivity index (χ0) is 19.3. The lowest BCUT2D eigenvalue weighted by molar-refractivity contribution is -0.137. The molecule has 5 rings (SSSR count). The van der Waals surface area contributed by atoms with Crippen LogP contribution in [0.5, 0.6) is 0 Å². The largest absolute Gasteiger partial charge is 0.352 e. The van der Waals surface area contributed by atoms with E-state index >= 15 is 0 Å². The Kier molecular flexibility index (Phi) is 6.21. The minimum absolute atomic E-state index is 0. The molecule has 0 atom stereocenters. The third-order valence-corrected chi connectivity index (χ3v) is 5.85. The van der Waals surface area contributed by atoms with Crippen molar-refractivity contribution in [1.82, 2.24) is 24.7 Å². The van der Waals surface area contributed by atoms with Crippen LogP contribution in [0.25, 0.3) is 5.65 Å². The molecule has 30 heavy (non-hydrogen) atoms. The Bertz CT molecular complexity index is 1040. The van der Waals surface area contributed by atoms with Gasteiger partial charge in [0.1, 0.15) is 11.4 Å². The summed E-state index contributed by atoms with van der Waals surface area (Å²) in [5.41, 5.74) is 8.87. The molecule has 1 aliphatic heterocycles. The van der Waals surface area contributed by atoms with Gasteiger partial charge in [-0.1, -0.05) is 24.3 Å². The number of carbonyl (C=O) groups excluding carboxylic acids is 1. The van der Waals surface area contributed by atoms with Crippen molar-refractivity contribution in [2.45, 2.75) is 25.3 Å². The number of rotatable bonds is 2. The minimum atomic E-state index is -0.817. The number of nitrogens with zero attached hydrogens (tertiary/aromatic N) is 6. The molecule has 0 radical (unpaired) electrons. The number of benzene rings is 1. The number of amides is 1. The van der Waals surface area contributed by atoms with Crippen molar-refractivity contribution in [2.24, 2.45) is 5.73 Å². The molecule has 0 bridgehead atoms. The lowest BCUT2D eigenvalue weighted by Crippen LogP contribution is -2.60. The van der Waals surface area contributed by atoms with Gasteiger partial charge in [-0.2, -0.15) is 4.52 Å². The SMILES string of the molecule is Cc1nnc2ccc(N3CCN(C(=O)C4(N)Cc5ccccc5C4)CC3)nn12.Cl.Cl. The van der Waals surface area contributed by atoms with Crippen LogP contribution in [0.4, 0.5) is 5.82 Å². The molecule has 2 aliphatic rings. The van der Waals surface area contributed by atoms with Gasteiger partial charge in [0.2, 0.25) is 5.91 Å². The Morgan fingerprint density at radius 3 is 2.23 bits per heavy atom. The van der Waals surface area contributed by atoms with Gasteiger partial charge < -0.3 is 15.5 Å². The van der Waals surface area contributed by atoms with Gasteiger partial charge in [0.15, 0.2) is 11.5 Å². The van der Waals surface area contributed by atoms with E-state index in [1.807, 2.05) is 36.1 Å². The predicted molar refractivity (Wildman–Crippen MR) is 120 cm³/mol. The number of anilines is 1. The lowest BCUT2D eigenvalue weighted by Gasteiger charge is -2.38. The van der Waals surface area contributed by atoms with Gasteiger partial charge in [-0.25, -0.2) is 0 Å². The fraction of sp³-hybridized carbons (Fsp3) is 0.400. The van der Waals surface area contributed by atoms with E-state index in [-0.39, 0.29) is 30.7 Å². The van der Waals surface area contributed by atoms with Crippen LogP contribution in [0, 0.1) is 6.92 Å². The molecule has 1 aromatic carbocycles. The molecule has 3 heterocycles. The predicted octanol–water partition coefficient (Wildman–Crippen LogP) is 1.42. The van der Waals surface area contributed by atoms with Crippen LogP contribution in [-0.4, -0.2) is 62.3 Å². The summed E-state index contributed by atoms with van der Waals surface area (Å²) in [6, 6.07) is 12.0. The van der Waals surface area contributed by atoms with Gasteiger partial charge in [0.25, 0.3) is 0 Å². The van der Waals surface area contributed by atoms with Crippen LogP contribution in [-0.2, 0) is 17.6 Å². The summed E-state index contributed by atoms with van der Waals surface area (Å²) < 4.78 is 1.75. The van der Waals surface area contributed by atoms with Crippen LogP contribution in [0.2, 0.25) is 0 Å². The summed E-state index contributed by atoms with van der Waals surface area (Å²) >= 11 is 0. The smallest absolute Gasteiger partial charge is 0.243 e. The molecule has 0 unspecified atom stereocenters. The second kappa shape index (κ2) is 8.37. The van der Waals surface area contributed by atoms with Crippen molar-refractivity contribution >= 4 is 42.2 Å². The summed E-state index contributed by atoms with van der Waals surface area (Å²) in [4.78, 5) is 17.3. The normalized spacial score (nSPS) is 17.3. The van der Waals surface area contributed by atoms with Gasteiger partial charge in [0.05, 0.1) is 0 Å². The zero-order valence-corrected chi connectivity index (χ0v) is 18.3. The van der Waals surface area contributed by atoms with Crippen LogP contribution in [0.15, 0.2) is 36.4 Å². The number of piperazine rings is 1. The second-order valence-corrected chi connectivity index (χ2v) is 7.77. The number of halogens is 2. The van der Waals surface area contributed by atoms with Gasteiger partial charge >= 0.3 is 0 Å². The number of hydrogen-bond donors (Lipinski definition) is 1. The highest BCUT2D eigenvalue weighted by atomic mass is 35.5. The number of aromatic nitrogens is 4. The maximum Gasteiger partial charge on any atom is 0.243 e. The Balaban J connectivity index is 0.00000128. The highest BCUT2D eigenvalue weighted by Crippen LogP contribution is 2.30. The van der Waals surface area contributed by atoms with E-state index in [2.05, 4.69) is 32.3 Å². The van der Waals surface area contributed by atoms with Crippen molar-refractivity contribution < 1.29 is 4.79 Å². The summed E-state index contributed by atoms with van der Waals surface area (Å²) in [5, 5.41) is 12.8. The first-order chi connectivity index (χ1) is 13.5. The van der Waals surface area contributed by atoms with Crippen molar-refractivity contribution in [1.29, 1.82) is 0 Å². The van der Waals surface area contributed by atoms with E-state index in [4.69, 9.17) is 5.73 Å². The molecule has 10 heteroatoms. The fourth-order valence-electron chi connectivity index (χ4n) is 4.30. The maximum atomic E-state index is 13.2. The second-order valence-electron chi connectivity index (χ2n) is 7.77. The molecule has 2 aromatic heterocycles. The van der Waals surface area contributed by atoms with Crippen molar-refractivity contribution in [2.75, 3.05) is 31.1 Å². The molecular weight excluding hydrogens is 425 g/mol. The van der Waals surface area contributed by atoms with E-state index in [1.54, 1.807) is 4.52 Å². The highest BCUT2D eigenvalue weighted by Gasteiger charge is 2.43. The Morgan fingerprint density at radius 2 is 1.60 bits per heavy atom. The molecule has 1 fully saturated rings. The average Bonchev–Trinajstić information content (AvgIpc) is 3.27. The fourth-order valence-corrected chi connectivity index (χ4v) is 4.30. The highest BCUT2D eigenvalue weighted by molar-refractivity contribution is 5.88. The van der Waals surface area contributed by atoms with Crippen LogP contribution >= 0.6 is 24.8 Å². The number of hydrogen-bond acceptors (Lipinski definition) is 6. The molecule has 160 valence electrons. The molecule has 0 saturated carbocycles. The van der Waals surface area contributed by atoms with Crippen LogP contribution in [0.1, 0.15) is 17.0 Å². The maximum absolute atomic E-state index is 13.2. The number of carbonyl (C=O) groups is 1. The third kappa shape index (κ3) is 3.71. The molecule has 8 nitrogen and oxygen atoms in total. The number of fused-ring (bicyclic) bond motifs is 2. The topological polar surface area (TPSA) is 92.7 Å². The summed E-state index contributed by atoms with van der Waals surface area (Å²) in [7, 11) is 0. The first-order valence-electron chi connectivity index (χ1n) is 9.63. The van der Waals surface area contributed by atoms with E-state index in [0.717, 1.165) is 30.4 Å². The summed E-state index contributed by atoms with van der Waals surface area (Å²) in [6.45, 7) is 4.64. The van der Waals surface area contributed by atoms with Crippen molar-refractivity contribution in [3.05, 3.63) is 53.3 Å².